The fourth-order valence-electron chi connectivity index (χ4n) is 4.22. The van der Waals surface area contributed by atoms with E-state index in [2.05, 4.69) is 15.9 Å². The number of thiazole rings is 1. The van der Waals surface area contributed by atoms with Gasteiger partial charge in [-0.25, -0.2) is 9.78 Å². The molecule has 4 rings (SSSR count). The summed E-state index contributed by atoms with van der Waals surface area (Å²) in [5.41, 5.74) is 4.31. The van der Waals surface area contributed by atoms with Crippen molar-refractivity contribution in [1.82, 2.24) is 9.88 Å². The second-order valence-corrected chi connectivity index (χ2v) is 12.0. The summed E-state index contributed by atoms with van der Waals surface area (Å²) < 4.78 is 12.9. The molecule has 0 atom stereocenters. The number of carbonyl (C=O) groups is 2. The summed E-state index contributed by atoms with van der Waals surface area (Å²) in [5, 5.41) is 10.2. The van der Waals surface area contributed by atoms with Gasteiger partial charge in [0.15, 0.2) is 0 Å². The van der Waals surface area contributed by atoms with Gasteiger partial charge in [0.05, 0.1) is 10.6 Å². The maximum absolute atomic E-state index is 12.7. The number of amides is 1. The highest BCUT2D eigenvalue weighted by atomic mass is 79.9. The zero-order chi connectivity index (χ0) is 26.7. The molecule has 2 aromatic carbocycles. The summed E-state index contributed by atoms with van der Waals surface area (Å²) in [6.07, 6.45) is 0.661. The highest BCUT2D eigenvalue weighted by molar-refractivity contribution is 9.10. The van der Waals surface area contributed by atoms with Gasteiger partial charge in [0.25, 0.3) is 0 Å². The van der Waals surface area contributed by atoms with Crippen molar-refractivity contribution in [2.24, 2.45) is 0 Å². The number of nitrogens with zero attached hydrogens (tertiary/aromatic N) is 2. The molecule has 0 fully saturated rings. The molecule has 1 N–H and O–H groups in total. The minimum atomic E-state index is -0.851. The van der Waals surface area contributed by atoms with Crippen molar-refractivity contribution in [3.8, 4) is 16.3 Å². The van der Waals surface area contributed by atoms with Gasteiger partial charge in [-0.2, -0.15) is 0 Å². The average Bonchev–Trinajstić information content (AvgIpc) is 3.20. The van der Waals surface area contributed by atoms with Crippen molar-refractivity contribution in [2.45, 2.75) is 65.7 Å². The molecule has 0 radical (unpaired) electrons. The molecule has 0 saturated carbocycles. The van der Waals surface area contributed by atoms with Gasteiger partial charge in [-0.1, -0.05) is 34.1 Å². The van der Waals surface area contributed by atoms with E-state index >= 15 is 0 Å². The molecule has 0 unspecified atom stereocenters. The van der Waals surface area contributed by atoms with E-state index in [0.29, 0.717) is 32.5 Å². The van der Waals surface area contributed by atoms with Gasteiger partial charge in [-0.3, -0.25) is 4.79 Å². The van der Waals surface area contributed by atoms with Crippen LogP contribution in [0.2, 0.25) is 0 Å². The minimum absolute atomic E-state index is 0.0258. The highest BCUT2D eigenvalue weighted by Crippen LogP contribution is 2.34. The van der Waals surface area contributed by atoms with E-state index in [0.717, 1.165) is 48.1 Å². The second kappa shape index (κ2) is 11.2. The Morgan fingerprint density at radius 3 is 2.54 bits per heavy atom. The molecule has 1 aliphatic rings. The quantitative estimate of drug-likeness (QED) is 0.328. The average molecular weight is 588 g/mol. The summed E-state index contributed by atoms with van der Waals surface area (Å²) in [6.45, 7) is 8.78. The number of carbonyl (C=O) groups excluding carboxylic acids is 1. The summed E-state index contributed by atoms with van der Waals surface area (Å²) in [6, 6.07) is 11.9. The summed E-state index contributed by atoms with van der Waals surface area (Å²) in [4.78, 5) is 31.4. The number of aryl methyl sites for hydroxylation is 2. The van der Waals surface area contributed by atoms with Crippen LogP contribution in [0.15, 0.2) is 40.9 Å². The SMILES string of the molecule is Cc1nc(-c2ccc(Br)cc2)sc1COc1ccc(CCC(=O)O)c2c1CCN(C(=O)OC(C)(C)C)C2. The second-order valence-electron chi connectivity index (χ2n) is 10.0. The van der Waals surface area contributed by atoms with Crippen LogP contribution in [0.1, 0.15) is 54.5 Å². The third-order valence-electron chi connectivity index (χ3n) is 6.07. The lowest BCUT2D eigenvalue weighted by atomic mass is 9.92. The lowest BCUT2D eigenvalue weighted by molar-refractivity contribution is -0.136. The number of benzene rings is 2. The first kappa shape index (κ1) is 27.1. The topological polar surface area (TPSA) is 89.0 Å². The Morgan fingerprint density at radius 1 is 1.14 bits per heavy atom. The van der Waals surface area contributed by atoms with Crippen LogP contribution < -0.4 is 4.74 Å². The standard InChI is InChI=1S/C28H31BrN2O5S/c1-17-24(37-26(30-17)19-5-9-20(29)10-6-19)16-35-23-11-7-18(8-12-25(32)33)22-15-31(14-13-21(22)23)27(34)36-28(2,3)4/h5-7,9-11H,8,12-16H2,1-4H3,(H,32,33). The molecule has 1 aliphatic heterocycles. The number of hydrogen-bond acceptors (Lipinski definition) is 6. The molecule has 9 heteroatoms. The number of carboxylic acids is 1. The maximum atomic E-state index is 12.7. The lowest BCUT2D eigenvalue weighted by Crippen LogP contribution is -2.40. The van der Waals surface area contributed by atoms with Crippen molar-refractivity contribution in [3.63, 3.8) is 0 Å². The van der Waals surface area contributed by atoms with Crippen molar-refractivity contribution in [2.75, 3.05) is 6.54 Å². The summed E-state index contributed by atoms with van der Waals surface area (Å²) in [5.74, 6) is -0.0907. The number of aliphatic carboxylic acids is 1. The Balaban J connectivity index is 1.55. The maximum Gasteiger partial charge on any atom is 0.410 e. The Kier molecular flexibility index (Phi) is 8.23. The van der Waals surface area contributed by atoms with Gasteiger partial charge in [0, 0.05) is 35.1 Å². The number of aromatic nitrogens is 1. The molecule has 1 aromatic heterocycles. The number of rotatable bonds is 7. The van der Waals surface area contributed by atoms with E-state index in [1.807, 2.05) is 64.1 Å². The van der Waals surface area contributed by atoms with Gasteiger partial charge >= 0.3 is 12.1 Å². The summed E-state index contributed by atoms with van der Waals surface area (Å²) in [7, 11) is 0. The van der Waals surface area contributed by atoms with Crippen molar-refractivity contribution >= 4 is 39.3 Å². The molecule has 196 valence electrons. The van der Waals surface area contributed by atoms with Crippen LogP contribution in [-0.2, 0) is 35.5 Å². The molecular weight excluding hydrogens is 556 g/mol. The van der Waals surface area contributed by atoms with E-state index in [-0.39, 0.29) is 12.5 Å². The van der Waals surface area contributed by atoms with Crippen molar-refractivity contribution in [3.05, 3.63) is 68.1 Å². The van der Waals surface area contributed by atoms with Crippen LogP contribution in [0, 0.1) is 6.92 Å². The van der Waals surface area contributed by atoms with Gasteiger partial charge in [0.1, 0.15) is 23.0 Å². The predicted molar refractivity (Wildman–Crippen MR) is 147 cm³/mol. The van der Waals surface area contributed by atoms with E-state index in [9.17, 15) is 14.7 Å². The molecular formula is C28H31BrN2O5S. The third-order valence-corrected chi connectivity index (χ3v) is 7.78. The van der Waals surface area contributed by atoms with Gasteiger partial charge in [-0.15, -0.1) is 11.3 Å². The number of fused-ring (bicyclic) bond motifs is 1. The van der Waals surface area contributed by atoms with E-state index in [1.54, 1.807) is 16.2 Å². The number of carboxylic acid groups (broad SMARTS) is 1. The molecule has 1 amide bonds. The smallest absolute Gasteiger partial charge is 0.410 e. The highest BCUT2D eigenvalue weighted by Gasteiger charge is 2.29. The zero-order valence-corrected chi connectivity index (χ0v) is 23.9. The van der Waals surface area contributed by atoms with Gasteiger partial charge in [-0.05, 0) is 69.9 Å². The Bertz CT molecular complexity index is 1300. The zero-order valence-electron chi connectivity index (χ0n) is 21.5. The fourth-order valence-corrected chi connectivity index (χ4v) is 5.47. The van der Waals surface area contributed by atoms with Crippen LogP contribution in [0.4, 0.5) is 4.79 Å². The number of hydrogen-bond donors (Lipinski definition) is 1. The van der Waals surface area contributed by atoms with Gasteiger partial charge in [0.2, 0.25) is 0 Å². The van der Waals surface area contributed by atoms with Crippen LogP contribution in [0.25, 0.3) is 10.6 Å². The van der Waals surface area contributed by atoms with Crippen molar-refractivity contribution < 1.29 is 24.2 Å². The first-order valence-corrected chi connectivity index (χ1v) is 13.8. The molecule has 7 nitrogen and oxygen atoms in total. The lowest BCUT2D eigenvalue weighted by Gasteiger charge is -2.33. The molecule has 0 aliphatic carbocycles. The van der Waals surface area contributed by atoms with Crippen LogP contribution in [0.5, 0.6) is 5.75 Å². The molecule has 0 bridgehead atoms. The molecule has 2 heterocycles. The van der Waals surface area contributed by atoms with Crippen LogP contribution >= 0.6 is 27.3 Å². The normalized spacial score (nSPS) is 13.3. The fraction of sp³-hybridized carbons (Fsp3) is 0.393. The molecule has 0 spiro atoms. The van der Waals surface area contributed by atoms with Crippen LogP contribution in [0.3, 0.4) is 0 Å². The Morgan fingerprint density at radius 2 is 1.86 bits per heavy atom. The Hall–Kier alpha value is -2.91. The summed E-state index contributed by atoms with van der Waals surface area (Å²) >= 11 is 5.08. The first-order valence-electron chi connectivity index (χ1n) is 12.2. The molecule has 37 heavy (non-hydrogen) atoms. The van der Waals surface area contributed by atoms with E-state index in [4.69, 9.17) is 14.5 Å². The van der Waals surface area contributed by atoms with E-state index < -0.39 is 11.6 Å². The van der Waals surface area contributed by atoms with Gasteiger partial charge < -0.3 is 19.5 Å². The van der Waals surface area contributed by atoms with Crippen LogP contribution in [-0.4, -0.2) is 39.2 Å². The largest absolute Gasteiger partial charge is 0.488 e. The molecule has 3 aromatic rings. The predicted octanol–water partition coefficient (Wildman–Crippen LogP) is 6.77. The first-order chi connectivity index (χ1) is 17.5. The van der Waals surface area contributed by atoms with E-state index in [1.165, 1.54) is 0 Å². The minimum Gasteiger partial charge on any atom is -0.488 e. The number of halogens is 1. The monoisotopic (exact) mass is 586 g/mol. The Labute approximate surface area is 229 Å². The number of ether oxygens (including phenoxy) is 2. The van der Waals surface area contributed by atoms with Crippen molar-refractivity contribution in [1.29, 1.82) is 0 Å². The third kappa shape index (κ3) is 6.90. The molecule has 0 saturated heterocycles.